The topological polar surface area (TPSA) is 37.8 Å². The third-order valence-corrected chi connectivity index (χ3v) is 4.42. The fraction of sp³-hybridized carbons (Fsp3) is 0.444. The molecule has 0 atom stereocenters. The molecule has 1 saturated carbocycles. The van der Waals surface area contributed by atoms with Crippen molar-refractivity contribution in [1.29, 1.82) is 0 Å². The fourth-order valence-corrected chi connectivity index (χ4v) is 3.03. The number of rotatable bonds is 6. The van der Waals surface area contributed by atoms with Crippen molar-refractivity contribution in [3.63, 3.8) is 0 Å². The van der Waals surface area contributed by atoms with Crippen molar-refractivity contribution in [1.82, 2.24) is 15.3 Å². The zero-order valence-corrected chi connectivity index (χ0v) is 12.7. The Labute approximate surface area is 126 Å². The zero-order valence-electron chi connectivity index (χ0n) is 12.7. The minimum absolute atomic E-state index is 0.0522. The van der Waals surface area contributed by atoms with Crippen molar-refractivity contribution in [2.45, 2.75) is 44.6 Å². The van der Waals surface area contributed by atoms with E-state index in [1.54, 1.807) is 0 Å². The first kappa shape index (κ1) is 14.2. The monoisotopic (exact) mass is 281 g/mol. The van der Waals surface area contributed by atoms with Crippen molar-refractivity contribution >= 4 is 0 Å². The number of nitrogens with one attached hydrogen (secondary N) is 1. The summed E-state index contributed by atoms with van der Waals surface area (Å²) in [5, 5.41) is 3.39. The fourth-order valence-electron chi connectivity index (χ4n) is 3.03. The molecule has 1 N–H and O–H groups in total. The Morgan fingerprint density at radius 1 is 1.10 bits per heavy atom. The molecule has 0 unspecified atom stereocenters. The molecule has 21 heavy (non-hydrogen) atoms. The molecule has 1 heterocycles. The maximum Gasteiger partial charge on any atom is 0.138 e. The molecule has 0 aliphatic heterocycles. The van der Waals surface area contributed by atoms with Gasteiger partial charge in [0.25, 0.3) is 0 Å². The van der Waals surface area contributed by atoms with Crippen LogP contribution in [0.25, 0.3) is 0 Å². The van der Waals surface area contributed by atoms with E-state index in [2.05, 4.69) is 52.5 Å². The lowest BCUT2D eigenvalue weighted by molar-refractivity contribution is 0.285. The lowest BCUT2D eigenvalue weighted by Gasteiger charge is -2.40. The SMILES string of the molecule is CCCNCc1cnc(C2(c3ccccc3)CCC2)nc1. The summed E-state index contributed by atoms with van der Waals surface area (Å²) in [6.45, 7) is 4.06. The van der Waals surface area contributed by atoms with Gasteiger partial charge in [0.05, 0.1) is 5.41 Å². The highest BCUT2D eigenvalue weighted by Gasteiger charge is 2.42. The van der Waals surface area contributed by atoms with Gasteiger partial charge < -0.3 is 5.32 Å². The summed E-state index contributed by atoms with van der Waals surface area (Å²) >= 11 is 0. The van der Waals surface area contributed by atoms with Crippen LogP contribution in [0, 0.1) is 0 Å². The van der Waals surface area contributed by atoms with Crippen molar-refractivity contribution < 1.29 is 0 Å². The Morgan fingerprint density at radius 3 is 2.38 bits per heavy atom. The summed E-state index contributed by atoms with van der Waals surface area (Å²) in [6, 6.07) is 10.7. The van der Waals surface area contributed by atoms with Crippen LogP contribution in [0.5, 0.6) is 0 Å². The Hall–Kier alpha value is -1.74. The number of aromatic nitrogens is 2. The van der Waals surface area contributed by atoms with Gasteiger partial charge in [-0.2, -0.15) is 0 Å². The predicted molar refractivity (Wildman–Crippen MR) is 85.1 cm³/mol. The maximum absolute atomic E-state index is 4.68. The summed E-state index contributed by atoms with van der Waals surface area (Å²) in [6.07, 6.45) is 8.69. The first-order valence-corrected chi connectivity index (χ1v) is 7.93. The second-order valence-electron chi connectivity index (χ2n) is 5.89. The van der Waals surface area contributed by atoms with Crippen molar-refractivity contribution in [3.05, 3.63) is 59.7 Å². The van der Waals surface area contributed by atoms with Crippen LogP contribution in [0.15, 0.2) is 42.7 Å². The van der Waals surface area contributed by atoms with E-state index in [9.17, 15) is 0 Å². The molecule has 3 heteroatoms. The minimum atomic E-state index is 0.0522. The highest BCUT2D eigenvalue weighted by molar-refractivity contribution is 5.35. The van der Waals surface area contributed by atoms with Crippen LogP contribution in [-0.4, -0.2) is 16.5 Å². The molecule has 1 fully saturated rings. The summed E-state index contributed by atoms with van der Waals surface area (Å²) in [5.74, 6) is 0.985. The Balaban J connectivity index is 1.79. The molecule has 3 rings (SSSR count). The van der Waals surface area contributed by atoms with Crippen LogP contribution in [-0.2, 0) is 12.0 Å². The molecular weight excluding hydrogens is 258 g/mol. The van der Waals surface area contributed by atoms with Crippen molar-refractivity contribution in [2.75, 3.05) is 6.54 Å². The van der Waals surface area contributed by atoms with Crippen molar-refractivity contribution in [3.8, 4) is 0 Å². The third-order valence-electron chi connectivity index (χ3n) is 4.42. The lowest BCUT2D eigenvalue weighted by atomic mass is 9.64. The van der Waals surface area contributed by atoms with E-state index >= 15 is 0 Å². The van der Waals surface area contributed by atoms with E-state index < -0.39 is 0 Å². The molecular formula is C18H23N3. The number of benzene rings is 1. The second-order valence-corrected chi connectivity index (χ2v) is 5.89. The molecule has 0 saturated heterocycles. The molecule has 0 radical (unpaired) electrons. The summed E-state index contributed by atoms with van der Waals surface area (Å²) in [4.78, 5) is 9.35. The van der Waals surface area contributed by atoms with E-state index in [-0.39, 0.29) is 5.41 Å². The van der Waals surface area contributed by atoms with E-state index in [0.717, 1.165) is 43.7 Å². The highest BCUT2D eigenvalue weighted by atomic mass is 14.9. The van der Waals surface area contributed by atoms with Crippen LogP contribution < -0.4 is 5.32 Å². The molecule has 0 spiro atoms. The van der Waals surface area contributed by atoms with Gasteiger partial charge >= 0.3 is 0 Å². The van der Waals surface area contributed by atoms with Crippen LogP contribution in [0.4, 0.5) is 0 Å². The molecule has 1 aromatic carbocycles. The third kappa shape index (κ3) is 2.84. The smallest absolute Gasteiger partial charge is 0.138 e. The molecule has 0 bridgehead atoms. The van der Waals surface area contributed by atoms with Gasteiger partial charge in [0, 0.05) is 24.5 Å². The van der Waals surface area contributed by atoms with Gasteiger partial charge in [-0.25, -0.2) is 9.97 Å². The Kier molecular flexibility index (Phi) is 4.30. The van der Waals surface area contributed by atoms with E-state index in [1.165, 1.54) is 12.0 Å². The van der Waals surface area contributed by atoms with Crippen LogP contribution >= 0.6 is 0 Å². The first-order chi connectivity index (χ1) is 10.3. The Morgan fingerprint density at radius 2 is 1.81 bits per heavy atom. The lowest BCUT2D eigenvalue weighted by Crippen LogP contribution is -2.37. The van der Waals surface area contributed by atoms with E-state index in [0.29, 0.717) is 0 Å². The maximum atomic E-state index is 4.68. The Bertz CT molecular complexity index is 559. The first-order valence-electron chi connectivity index (χ1n) is 7.93. The number of hydrogen-bond donors (Lipinski definition) is 1. The summed E-state index contributed by atoms with van der Waals surface area (Å²) < 4.78 is 0. The molecule has 110 valence electrons. The van der Waals surface area contributed by atoms with Gasteiger partial charge in [-0.3, -0.25) is 0 Å². The number of hydrogen-bond acceptors (Lipinski definition) is 3. The molecule has 1 aliphatic carbocycles. The van der Waals surface area contributed by atoms with E-state index in [1.807, 2.05) is 12.4 Å². The van der Waals surface area contributed by atoms with Gasteiger partial charge in [-0.05, 0) is 31.4 Å². The zero-order chi connectivity index (χ0) is 14.5. The average Bonchev–Trinajstić information content (AvgIpc) is 2.49. The average molecular weight is 281 g/mol. The van der Waals surface area contributed by atoms with Gasteiger partial charge in [0.15, 0.2) is 0 Å². The molecule has 1 aromatic heterocycles. The standard InChI is InChI=1S/C18H23N3/c1-2-11-19-12-15-13-20-17(21-14-15)18(9-6-10-18)16-7-4-3-5-8-16/h3-5,7-8,13-14,19H,2,6,9-12H2,1H3. The van der Waals surface area contributed by atoms with Gasteiger partial charge in [0.1, 0.15) is 5.82 Å². The quantitative estimate of drug-likeness (QED) is 0.824. The minimum Gasteiger partial charge on any atom is -0.313 e. The molecule has 2 aromatic rings. The van der Waals surface area contributed by atoms with Crippen molar-refractivity contribution in [2.24, 2.45) is 0 Å². The summed E-state index contributed by atoms with van der Waals surface area (Å²) in [7, 11) is 0. The molecule has 3 nitrogen and oxygen atoms in total. The molecule has 0 amide bonds. The van der Waals surface area contributed by atoms with Gasteiger partial charge in [-0.1, -0.05) is 43.7 Å². The number of nitrogens with zero attached hydrogens (tertiary/aromatic N) is 2. The van der Waals surface area contributed by atoms with Crippen LogP contribution in [0.2, 0.25) is 0 Å². The van der Waals surface area contributed by atoms with Crippen LogP contribution in [0.1, 0.15) is 49.6 Å². The highest BCUT2D eigenvalue weighted by Crippen LogP contribution is 2.47. The van der Waals surface area contributed by atoms with Crippen LogP contribution in [0.3, 0.4) is 0 Å². The largest absolute Gasteiger partial charge is 0.313 e. The van der Waals surface area contributed by atoms with Gasteiger partial charge in [0.2, 0.25) is 0 Å². The second kappa shape index (κ2) is 6.35. The molecule has 1 aliphatic rings. The predicted octanol–water partition coefficient (Wildman–Crippen LogP) is 3.45. The van der Waals surface area contributed by atoms with Gasteiger partial charge in [-0.15, -0.1) is 0 Å². The summed E-state index contributed by atoms with van der Waals surface area (Å²) in [5.41, 5.74) is 2.57. The normalized spacial score (nSPS) is 16.4. The van der Waals surface area contributed by atoms with E-state index in [4.69, 9.17) is 0 Å².